The summed E-state index contributed by atoms with van der Waals surface area (Å²) in [4.78, 5) is 10.4. The van der Waals surface area contributed by atoms with E-state index in [0.29, 0.717) is 25.4 Å². The molecule has 0 atom stereocenters. The number of nitrogens with one attached hydrogen (secondary N) is 2. The average Bonchev–Trinajstić information content (AvgIpc) is 2.36. The molecule has 0 saturated heterocycles. The van der Waals surface area contributed by atoms with E-state index in [-0.39, 0.29) is 6.61 Å². The third-order valence-corrected chi connectivity index (χ3v) is 2.18. The van der Waals surface area contributed by atoms with Crippen LogP contribution in [0.15, 0.2) is 24.3 Å². The number of carbonyl (C=O) groups excluding carboxylic acids is 1. The van der Waals surface area contributed by atoms with Crippen LogP contribution < -0.4 is 21.1 Å². The molecule has 1 aromatic rings. The van der Waals surface area contributed by atoms with Gasteiger partial charge in [0.05, 0.1) is 0 Å². The molecule has 1 rings (SSSR count). The predicted octanol–water partition coefficient (Wildman–Crippen LogP) is 0.347. The fourth-order valence-electron chi connectivity index (χ4n) is 1.40. The summed E-state index contributed by atoms with van der Waals surface area (Å²) in [6.45, 7) is 1.70. The Labute approximate surface area is 106 Å². The fraction of sp³-hybridized carbons (Fsp3) is 0.333. The molecule has 0 aliphatic rings. The number of urea groups is 1. The van der Waals surface area contributed by atoms with Crippen molar-refractivity contribution in [2.75, 3.05) is 19.7 Å². The Morgan fingerprint density at radius 3 is 2.89 bits per heavy atom. The van der Waals surface area contributed by atoms with Crippen molar-refractivity contribution in [1.82, 2.24) is 10.6 Å². The highest BCUT2D eigenvalue weighted by Gasteiger charge is 2.01. The van der Waals surface area contributed by atoms with Crippen molar-refractivity contribution in [2.45, 2.75) is 6.54 Å². The van der Waals surface area contributed by atoms with Gasteiger partial charge in [-0.2, -0.15) is 5.26 Å². The molecular weight excluding hydrogens is 232 g/mol. The van der Waals surface area contributed by atoms with E-state index in [1.807, 2.05) is 30.3 Å². The van der Waals surface area contributed by atoms with Crippen molar-refractivity contribution in [1.29, 1.82) is 5.26 Å². The van der Waals surface area contributed by atoms with Crippen LogP contribution in [0.1, 0.15) is 5.56 Å². The first-order chi connectivity index (χ1) is 8.74. The third kappa shape index (κ3) is 5.18. The van der Waals surface area contributed by atoms with Crippen LogP contribution in [0, 0.1) is 11.3 Å². The summed E-state index contributed by atoms with van der Waals surface area (Å²) >= 11 is 0. The second kappa shape index (κ2) is 7.92. The molecule has 2 amide bonds. The summed E-state index contributed by atoms with van der Waals surface area (Å²) in [7, 11) is 0. The Morgan fingerprint density at radius 1 is 1.39 bits per heavy atom. The summed E-state index contributed by atoms with van der Waals surface area (Å²) in [5.41, 5.74) is 5.90. The van der Waals surface area contributed by atoms with Crippen LogP contribution in [-0.2, 0) is 6.54 Å². The monoisotopic (exact) mass is 248 g/mol. The van der Waals surface area contributed by atoms with Gasteiger partial charge in [0.1, 0.15) is 11.8 Å². The van der Waals surface area contributed by atoms with E-state index in [9.17, 15) is 4.79 Å². The van der Waals surface area contributed by atoms with Gasteiger partial charge in [-0.15, -0.1) is 0 Å². The van der Waals surface area contributed by atoms with Gasteiger partial charge in [0.2, 0.25) is 0 Å². The second-order valence-corrected chi connectivity index (χ2v) is 3.52. The molecule has 96 valence electrons. The van der Waals surface area contributed by atoms with Gasteiger partial charge in [0.25, 0.3) is 0 Å². The summed E-state index contributed by atoms with van der Waals surface area (Å²) < 4.78 is 5.29. The van der Waals surface area contributed by atoms with Gasteiger partial charge in [-0.3, -0.25) is 0 Å². The molecule has 0 aromatic heterocycles. The van der Waals surface area contributed by atoms with Crippen LogP contribution in [0.2, 0.25) is 0 Å². The van der Waals surface area contributed by atoms with E-state index >= 15 is 0 Å². The van der Waals surface area contributed by atoms with Crippen molar-refractivity contribution in [2.24, 2.45) is 5.73 Å². The quantitative estimate of drug-likeness (QED) is 0.606. The van der Waals surface area contributed by atoms with Gasteiger partial charge in [-0.25, -0.2) is 4.79 Å². The van der Waals surface area contributed by atoms with E-state index in [4.69, 9.17) is 15.7 Å². The zero-order valence-corrected chi connectivity index (χ0v) is 9.98. The molecule has 0 radical (unpaired) electrons. The van der Waals surface area contributed by atoms with E-state index in [2.05, 4.69) is 10.6 Å². The lowest BCUT2D eigenvalue weighted by molar-refractivity contribution is 0.249. The third-order valence-electron chi connectivity index (χ3n) is 2.18. The molecule has 0 bridgehead atoms. The first-order valence-electron chi connectivity index (χ1n) is 5.55. The smallest absolute Gasteiger partial charge is 0.312 e. The van der Waals surface area contributed by atoms with Crippen LogP contribution in [0.25, 0.3) is 0 Å². The van der Waals surface area contributed by atoms with Gasteiger partial charge < -0.3 is 21.1 Å². The van der Waals surface area contributed by atoms with Crippen LogP contribution >= 0.6 is 0 Å². The highest BCUT2D eigenvalue weighted by Crippen LogP contribution is 2.17. The normalized spacial score (nSPS) is 9.50. The fourth-order valence-corrected chi connectivity index (χ4v) is 1.40. The van der Waals surface area contributed by atoms with Gasteiger partial charge in [0, 0.05) is 25.2 Å². The molecule has 4 N–H and O–H groups in total. The van der Waals surface area contributed by atoms with E-state index in [1.165, 1.54) is 0 Å². The lowest BCUT2D eigenvalue weighted by Crippen LogP contribution is -2.35. The first kappa shape index (κ1) is 13.8. The van der Waals surface area contributed by atoms with Crippen LogP contribution in [0.4, 0.5) is 4.79 Å². The number of amides is 2. The van der Waals surface area contributed by atoms with Gasteiger partial charge in [0.15, 0.2) is 6.61 Å². The Hall–Kier alpha value is -2.26. The van der Waals surface area contributed by atoms with E-state index < -0.39 is 6.03 Å². The first-order valence-corrected chi connectivity index (χ1v) is 5.55. The number of hydrogen-bond donors (Lipinski definition) is 3. The number of benzene rings is 1. The number of nitriles is 1. The lowest BCUT2D eigenvalue weighted by atomic mass is 10.2. The van der Waals surface area contributed by atoms with Crippen LogP contribution in [0.3, 0.4) is 0 Å². The van der Waals surface area contributed by atoms with Crippen molar-refractivity contribution in [3.8, 4) is 11.8 Å². The maximum atomic E-state index is 10.4. The summed E-state index contributed by atoms with van der Waals surface area (Å²) in [6, 6.07) is 8.88. The largest absolute Gasteiger partial charge is 0.478 e. The molecule has 0 spiro atoms. The number of para-hydroxylation sites is 1. The number of carbonyl (C=O) groups is 1. The molecule has 6 heteroatoms. The minimum Gasteiger partial charge on any atom is -0.478 e. The number of hydrogen-bond acceptors (Lipinski definition) is 4. The van der Waals surface area contributed by atoms with E-state index in [0.717, 1.165) is 5.56 Å². The molecule has 0 unspecified atom stereocenters. The van der Waals surface area contributed by atoms with Crippen LogP contribution in [-0.4, -0.2) is 25.7 Å². The SMILES string of the molecule is N#CCOc1ccccc1CNCCNC(N)=O. The van der Waals surface area contributed by atoms with Gasteiger partial charge in [-0.05, 0) is 6.07 Å². The molecule has 0 aliphatic heterocycles. The summed E-state index contributed by atoms with van der Waals surface area (Å²) in [5.74, 6) is 0.689. The summed E-state index contributed by atoms with van der Waals surface area (Å²) in [5, 5.41) is 14.1. The summed E-state index contributed by atoms with van der Waals surface area (Å²) in [6.07, 6.45) is 0. The molecule has 1 aromatic carbocycles. The van der Waals surface area contributed by atoms with Crippen molar-refractivity contribution in [3.05, 3.63) is 29.8 Å². The molecule has 6 nitrogen and oxygen atoms in total. The molecule has 18 heavy (non-hydrogen) atoms. The van der Waals surface area contributed by atoms with Gasteiger partial charge >= 0.3 is 6.03 Å². The number of rotatable bonds is 7. The molecule has 0 saturated carbocycles. The Bertz CT molecular complexity index is 428. The second-order valence-electron chi connectivity index (χ2n) is 3.52. The average molecular weight is 248 g/mol. The maximum Gasteiger partial charge on any atom is 0.312 e. The molecule has 0 aliphatic carbocycles. The standard InChI is InChI=1S/C12H16N4O2/c13-5-8-18-11-4-2-1-3-10(11)9-15-6-7-16-12(14)17/h1-4,15H,6-9H2,(H3,14,16,17). The Balaban J connectivity index is 2.37. The highest BCUT2D eigenvalue weighted by molar-refractivity contribution is 5.71. The van der Waals surface area contributed by atoms with Crippen LogP contribution in [0.5, 0.6) is 5.75 Å². The maximum absolute atomic E-state index is 10.4. The minimum atomic E-state index is -0.533. The van der Waals surface area contributed by atoms with Crippen molar-refractivity contribution < 1.29 is 9.53 Å². The number of nitrogens with two attached hydrogens (primary N) is 1. The van der Waals surface area contributed by atoms with Crippen molar-refractivity contribution >= 4 is 6.03 Å². The zero-order valence-electron chi connectivity index (χ0n) is 9.98. The number of nitrogens with zero attached hydrogens (tertiary/aromatic N) is 1. The highest BCUT2D eigenvalue weighted by atomic mass is 16.5. The molecule has 0 heterocycles. The Kier molecular flexibility index (Phi) is 6.08. The van der Waals surface area contributed by atoms with Crippen molar-refractivity contribution in [3.63, 3.8) is 0 Å². The Morgan fingerprint density at radius 2 is 2.17 bits per heavy atom. The lowest BCUT2D eigenvalue weighted by Gasteiger charge is -2.10. The molecule has 0 fully saturated rings. The van der Waals surface area contributed by atoms with E-state index in [1.54, 1.807) is 0 Å². The number of ether oxygens (including phenoxy) is 1. The number of primary amides is 1. The zero-order chi connectivity index (χ0) is 13.2. The molecular formula is C12H16N4O2. The topological polar surface area (TPSA) is 100 Å². The van der Waals surface area contributed by atoms with Gasteiger partial charge in [-0.1, -0.05) is 18.2 Å². The minimum absolute atomic E-state index is 0.0280. The predicted molar refractivity (Wildman–Crippen MR) is 66.8 cm³/mol.